The first-order valence-corrected chi connectivity index (χ1v) is 11.0. The molecule has 7 heteroatoms. The summed E-state index contributed by atoms with van der Waals surface area (Å²) >= 11 is 0. The standard InChI is InChI=1S/C23H36N2O5/c1-15(2)11-7-4-5-10-14-18(26)25-19-16(3)30-22(21(28)20(19)27)23(29)24-17-12-8-6-9-13-17/h6,8-9,12-13,15-16,19-22,27-28H,4-5,7,10-11,14H2,1-3H3,(H,24,29)(H,25,26)/t16-,19?,20+,21-,22?/m0/s1. The zero-order chi connectivity index (χ0) is 22.1. The summed E-state index contributed by atoms with van der Waals surface area (Å²) in [6, 6.07) is 8.06. The van der Waals surface area contributed by atoms with Gasteiger partial charge in [0.15, 0.2) is 6.10 Å². The maximum atomic E-state index is 12.5. The third kappa shape index (κ3) is 7.38. The van der Waals surface area contributed by atoms with Crippen molar-refractivity contribution in [2.24, 2.45) is 5.92 Å². The fourth-order valence-electron chi connectivity index (χ4n) is 3.67. The molecule has 0 aliphatic carbocycles. The predicted octanol–water partition coefficient (Wildman–Crippen LogP) is 2.62. The molecule has 2 rings (SSSR count). The molecule has 0 radical (unpaired) electrons. The SMILES string of the molecule is CC(C)CCCCCCC(=O)NC1[C@H](C)OC(C(=O)Nc2ccccc2)[C@@H](O)[C@@H]1O. The van der Waals surface area contributed by atoms with Crippen LogP contribution in [0.3, 0.4) is 0 Å². The minimum Gasteiger partial charge on any atom is -0.388 e. The minimum absolute atomic E-state index is 0.183. The van der Waals surface area contributed by atoms with Crippen LogP contribution in [0.4, 0.5) is 5.69 Å². The van der Waals surface area contributed by atoms with Gasteiger partial charge in [-0.25, -0.2) is 0 Å². The molecule has 2 amide bonds. The average Bonchev–Trinajstić information content (AvgIpc) is 2.71. The van der Waals surface area contributed by atoms with Gasteiger partial charge in [0, 0.05) is 12.1 Å². The quantitative estimate of drug-likeness (QED) is 0.435. The van der Waals surface area contributed by atoms with Gasteiger partial charge in [-0.3, -0.25) is 9.59 Å². The molecule has 0 aromatic heterocycles. The molecule has 1 aromatic carbocycles. The van der Waals surface area contributed by atoms with Crippen molar-refractivity contribution < 1.29 is 24.5 Å². The molecule has 1 heterocycles. The van der Waals surface area contributed by atoms with Gasteiger partial charge in [-0.1, -0.05) is 57.7 Å². The first kappa shape index (κ1) is 24.3. The minimum atomic E-state index is -1.44. The van der Waals surface area contributed by atoms with Gasteiger partial charge < -0.3 is 25.6 Å². The van der Waals surface area contributed by atoms with Crippen LogP contribution < -0.4 is 10.6 Å². The van der Waals surface area contributed by atoms with Crippen molar-refractivity contribution in [2.45, 2.75) is 89.8 Å². The van der Waals surface area contributed by atoms with Gasteiger partial charge in [-0.2, -0.15) is 0 Å². The van der Waals surface area contributed by atoms with Crippen LogP contribution in [0.2, 0.25) is 0 Å². The van der Waals surface area contributed by atoms with E-state index in [1.165, 1.54) is 12.8 Å². The lowest BCUT2D eigenvalue weighted by atomic mass is 9.92. The number of benzene rings is 1. The highest BCUT2D eigenvalue weighted by Crippen LogP contribution is 2.23. The van der Waals surface area contributed by atoms with E-state index in [2.05, 4.69) is 24.5 Å². The van der Waals surface area contributed by atoms with Gasteiger partial charge in [0.1, 0.15) is 12.2 Å². The third-order valence-corrected chi connectivity index (χ3v) is 5.46. The lowest BCUT2D eigenvalue weighted by Gasteiger charge is -2.41. The number of anilines is 1. The molecule has 1 aliphatic heterocycles. The summed E-state index contributed by atoms with van der Waals surface area (Å²) in [7, 11) is 0. The average molecular weight is 421 g/mol. The molecular formula is C23H36N2O5. The van der Waals surface area contributed by atoms with E-state index in [9.17, 15) is 19.8 Å². The molecular weight excluding hydrogens is 384 g/mol. The van der Waals surface area contributed by atoms with Crippen LogP contribution >= 0.6 is 0 Å². The Morgan fingerprint density at radius 2 is 1.70 bits per heavy atom. The second-order valence-electron chi connectivity index (χ2n) is 8.54. The Kier molecular flexibility index (Phi) is 9.75. The number of hydrogen-bond acceptors (Lipinski definition) is 5. The van der Waals surface area contributed by atoms with E-state index in [0.29, 0.717) is 18.0 Å². The highest BCUT2D eigenvalue weighted by molar-refractivity contribution is 5.94. The number of carbonyl (C=O) groups excluding carboxylic acids is 2. The molecule has 7 nitrogen and oxygen atoms in total. The number of aliphatic hydroxyl groups excluding tert-OH is 2. The molecule has 0 spiro atoms. The lowest BCUT2D eigenvalue weighted by Crippen LogP contribution is -2.64. The van der Waals surface area contributed by atoms with E-state index in [-0.39, 0.29) is 5.91 Å². The number of rotatable bonds is 10. The maximum absolute atomic E-state index is 12.5. The topological polar surface area (TPSA) is 108 Å². The maximum Gasteiger partial charge on any atom is 0.256 e. The molecule has 2 unspecified atom stereocenters. The number of nitrogens with one attached hydrogen (secondary N) is 2. The van der Waals surface area contributed by atoms with Crippen LogP contribution in [-0.4, -0.2) is 52.5 Å². The zero-order valence-electron chi connectivity index (χ0n) is 18.2. The monoisotopic (exact) mass is 420 g/mol. The van der Waals surface area contributed by atoms with Crippen molar-refractivity contribution in [3.63, 3.8) is 0 Å². The summed E-state index contributed by atoms with van der Waals surface area (Å²) in [5, 5.41) is 26.4. The molecule has 0 saturated carbocycles. The molecule has 30 heavy (non-hydrogen) atoms. The fourth-order valence-corrected chi connectivity index (χ4v) is 3.67. The van der Waals surface area contributed by atoms with Crippen LogP contribution in [0.15, 0.2) is 30.3 Å². The van der Waals surface area contributed by atoms with Crippen LogP contribution in [0.5, 0.6) is 0 Å². The van der Waals surface area contributed by atoms with Gasteiger partial charge in [0.25, 0.3) is 5.91 Å². The van der Waals surface area contributed by atoms with E-state index >= 15 is 0 Å². The Bertz CT molecular complexity index is 667. The Hall–Kier alpha value is -1.96. The van der Waals surface area contributed by atoms with Crippen molar-refractivity contribution in [2.75, 3.05) is 5.32 Å². The number of amides is 2. The van der Waals surface area contributed by atoms with E-state index in [1.54, 1.807) is 31.2 Å². The first-order chi connectivity index (χ1) is 14.3. The van der Waals surface area contributed by atoms with Gasteiger partial charge in [-0.15, -0.1) is 0 Å². The van der Waals surface area contributed by atoms with E-state index < -0.39 is 36.4 Å². The summed E-state index contributed by atoms with van der Waals surface area (Å²) in [5.74, 6) is -0.0175. The van der Waals surface area contributed by atoms with Crippen molar-refractivity contribution in [1.82, 2.24) is 5.32 Å². The highest BCUT2D eigenvalue weighted by Gasteiger charge is 2.46. The van der Waals surface area contributed by atoms with Crippen molar-refractivity contribution >= 4 is 17.5 Å². The summed E-state index contributed by atoms with van der Waals surface area (Å²) in [6.07, 6.45) is 1.04. The van der Waals surface area contributed by atoms with Gasteiger partial charge in [-0.05, 0) is 31.4 Å². The Balaban J connectivity index is 1.79. The highest BCUT2D eigenvalue weighted by atomic mass is 16.5. The Morgan fingerprint density at radius 3 is 2.37 bits per heavy atom. The molecule has 1 aliphatic rings. The second kappa shape index (κ2) is 12.0. The summed E-state index contributed by atoms with van der Waals surface area (Å²) in [5.41, 5.74) is 0.573. The summed E-state index contributed by atoms with van der Waals surface area (Å²) in [6.45, 7) is 6.08. The first-order valence-electron chi connectivity index (χ1n) is 11.0. The van der Waals surface area contributed by atoms with Gasteiger partial charge in [0.05, 0.1) is 12.1 Å². The van der Waals surface area contributed by atoms with E-state index in [4.69, 9.17) is 4.74 Å². The molecule has 1 aromatic rings. The fraction of sp³-hybridized carbons (Fsp3) is 0.652. The molecule has 0 bridgehead atoms. The molecule has 1 saturated heterocycles. The number of aliphatic hydroxyl groups is 2. The Labute approximate surface area is 179 Å². The third-order valence-electron chi connectivity index (χ3n) is 5.46. The van der Waals surface area contributed by atoms with Crippen LogP contribution in [0.25, 0.3) is 0 Å². The van der Waals surface area contributed by atoms with Crippen LogP contribution in [0.1, 0.15) is 59.3 Å². The number of ether oxygens (including phenoxy) is 1. The smallest absolute Gasteiger partial charge is 0.256 e. The van der Waals surface area contributed by atoms with E-state index in [0.717, 1.165) is 19.3 Å². The number of unbranched alkanes of at least 4 members (excludes halogenated alkanes) is 3. The zero-order valence-corrected chi connectivity index (χ0v) is 18.2. The normalized spacial score (nSPS) is 26.4. The number of hydrogen-bond donors (Lipinski definition) is 4. The number of para-hydroxylation sites is 1. The van der Waals surface area contributed by atoms with Crippen molar-refractivity contribution in [3.05, 3.63) is 30.3 Å². The van der Waals surface area contributed by atoms with E-state index in [1.807, 2.05) is 6.07 Å². The molecule has 5 atom stereocenters. The molecule has 1 fully saturated rings. The van der Waals surface area contributed by atoms with Gasteiger partial charge >= 0.3 is 0 Å². The van der Waals surface area contributed by atoms with Crippen LogP contribution in [0, 0.1) is 5.92 Å². The molecule has 168 valence electrons. The largest absolute Gasteiger partial charge is 0.388 e. The molecule has 4 N–H and O–H groups in total. The van der Waals surface area contributed by atoms with Crippen molar-refractivity contribution in [3.8, 4) is 0 Å². The van der Waals surface area contributed by atoms with Crippen molar-refractivity contribution in [1.29, 1.82) is 0 Å². The number of carbonyl (C=O) groups is 2. The lowest BCUT2D eigenvalue weighted by molar-refractivity contribution is -0.185. The summed E-state index contributed by atoms with van der Waals surface area (Å²) < 4.78 is 5.66. The summed E-state index contributed by atoms with van der Waals surface area (Å²) in [4.78, 5) is 24.7. The Morgan fingerprint density at radius 1 is 1.03 bits per heavy atom. The van der Waals surface area contributed by atoms with Crippen LogP contribution in [-0.2, 0) is 14.3 Å². The van der Waals surface area contributed by atoms with Gasteiger partial charge in [0.2, 0.25) is 5.91 Å². The predicted molar refractivity (Wildman–Crippen MR) is 116 cm³/mol. The second-order valence-corrected chi connectivity index (χ2v) is 8.54.